The maximum Gasteiger partial charge on any atom is 0.358 e. The maximum atomic E-state index is 11.0. The van der Waals surface area contributed by atoms with E-state index in [4.69, 9.17) is 5.11 Å². The van der Waals surface area contributed by atoms with Gasteiger partial charge in [0.25, 0.3) is 0 Å². The van der Waals surface area contributed by atoms with Crippen molar-refractivity contribution in [1.82, 2.24) is 10.2 Å². The van der Waals surface area contributed by atoms with Gasteiger partial charge in [-0.15, -0.1) is 0 Å². The van der Waals surface area contributed by atoms with E-state index in [1.165, 1.54) is 19.3 Å². The predicted octanol–water partition coefficient (Wildman–Crippen LogP) is 1.88. The third-order valence-corrected chi connectivity index (χ3v) is 3.33. The summed E-state index contributed by atoms with van der Waals surface area (Å²) < 4.78 is 0. The van der Waals surface area contributed by atoms with E-state index < -0.39 is 5.97 Å². The van der Waals surface area contributed by atoms with E-state index in [0.29, 0.717) is 11.7 Å². The fourth-order valence-corrected chi connectivity index (χ4v) is 2.37. The number of aromatic nitrogens is 2. The standard InChI is InChI=1S/C11H17N3O2/c1-14(8-5-3-2-4-6-8)9-7-12-13-10(9)11(15)16/h7-8H,2-6H2,1H3,(H,12,13)(H,15,16). The number of hydrogen-bond donors (Lipinski definition) is 2. The van der Waals surface area contributed by atoms with Crippen molar-refractivity contribution in [2.24, 2.45) is 0 Å². The Morgan fingerprint density at radius 1 is 1.50 bits per heavy atom. The van der Waals surface area contributed by atoms with Crippen LogP contribution in [0, 0.1) is 0 Å². The summed E-state index contributed by atoms with van der Waals surface area (Å²) in [5.74, 6) is -0.973. The van der Waals surface area contributed by atoms with Gasteiger partial charge in [0.05, 0.1) is 5.69 Å². The fourth-order valence-electron chi connectivity index (χ4n) is 2.37. The van der Waals surface area contributed by atoms with Crippen molar-refractivity contribution in [3.05, 3.63) is 11.9 Å². The van der Waals surface area contributed by atoms with Crippen molar-refractivity contribution in [1.29, 1.82) is 0 Å². The van der Waals surface area contributed by atoms with Gasteiger partial charge in [-0.2, -0.15) is 5.10 Å². The molecule has 1 fully saturated rings. The summed E-state index contributed by atoms with van der Waals surface area (Å²) in [6.45, 7) is 0. The van der Waals surface area contributed by atoms with Crippen molar-refractivity contribution in [3.63, 3.8) is 0 Å². The van der Waals surface area contributed by atoms with Gasteiger partial charge in [0.1, 0.15) is 0 Å². The van der Waals surface area contributed by atoms with Gasteiger partial charge in [0.2, 0.25) is 0 Å². The van der Waals surface area contributed by atoms with Crippen molar-refractivity contribution in [2.75, 3.05) is 11.9 Å². The quantitative estimate of drug-likeness (QED) is 0.820. The third-order valence-electron chi connectivity index (χ3n) is 3.33. The van der Waals surface area contributed by atoms with Crippen molar-refractivity contribution >= 4 is 11.7 Å². The van der Waals surface area contributed by atoms with E-state index in [1.54, 1.807) is 6.20 Å². The first-order valence-electron chi connectivity index (χ1n) is 5.70. The average Bonchev–Trinajstić information content (AvgIpc) is 2.78. The molecule has 0 bridgehead atoms. The average molecular weight is 223 g/mol. The number of carbonyl (C=O) groups is 1. The molecule has 0 saturated heterocycles. The number of carboxylic acids is 1. The molecular formula is C11H17N3O2. The summed E-state index contributed by atoms with van der Waals surface area (Å²) in [6, 6.07) is 0.449. The fraction of sp³-hybridized carbons (Fsp3) is 0.636. The monoisotopic (exact) mass is 223 g/mol. The lowest BCUT2D eigenvalue weighted by atomic mass is 9.94. The van der Waals surface area contributed by atoms with Crippen LogP contribution in [0.15, 0.2) is 6.20 Å². The number of anilines is 1. The van der Waals surface area contributed by atoms with Gasteiger partial charge < -0.3 is 10.0 Å². The van der Waals surface area contributed by atoms with Crippen LogP contribution in [0.1, 0.15) is 42.6 Å². The van der Waals surface area contributed by atoms with Crippen LogP contribution in [0.25, 0.3) is 0 Å². The second kappa shape index (κ2) is 4.55. The summed E-state index contributed by atoms with van der Waals surface area (Å²) in [5, 5.41) is 15.4. The Morgan fingerprint density at radius 3 is 2.81 bits per heavy atom. The lowest BCUT2D eigenvalue weighted by Crippen LogP contribution is -2.34. The van der Waals surface area contributed by atoms with Gasteiger partial charge in [-0.1, -0.05) is 19.3 Å². The molecule has 0 aliphatic heterocycles. The second-order valence-electron chi connectivity index (χ2n) is 4.33. The molecule has 1 aromatic heterocycles. The number of aromatic carboxylic acids is 1. The molecular weight excluding hydrogens is 206 g/mol. The van der Waals surface area contributed by atoms with Crippen molar-refractivity contribution in [2.45, 2.75) is 38.1 Å². The highest BCUT2D eigenvalue weighted by Gasteiger charge is 2.23. The molecule has 0 unspecified atom stereocenters. The molecule has 1 aliphatic rings. The molecule has 1 aromatic rings. The summed E-state index contributed by atoms with van der Waals surface area (Å²) >= 11 is 0. The molecule has 1 aliphatic carbocycles. The molecule has 16 heavy (non-hydrogen) atoms. The van der Waals surface area contributed by atoms with Gasteiger partial charge >= 0.3 is 5.97 Å². The molecule has 2 N–H and O–H groups in total. The van der Waals surface area contributed by atoms with Crippen LogP contribution in [0.2, 0.25) is 0 Å². The first kappa shape index (κ1) is 11.0. The molecule has 1 saturated carbocycles. The van der Waals surface area contributed by atoms with Crippen LogP contribution in [0.4, 0.5) is 5.69 Å². The van der Waals surface area contributed by atoms with Gasteiger partial charge in [0.15, 0.2) is 5.69 Å². The number of nitrogens with zero attached hydrogens (tertiary/aromatic N) is 2. The zero-order chi connectivity index (χ0) is 11.5. The number of nitrogens with one attached hydrogen (secondary N) is 1. The predicted molar refractivity (Wildman–Crippen MR) is 60.8 cm³/mol. The van der Waals surface area contributed by atoms with E-state index in [1.807, 2.05) is 11.9 Å². The van der Waals surface area contributed by atoms with Gasteiger partial charge in [-0.25, -0.2) is 4.79 Å². The molecule has 5 nitrogen and oxygen atoms in total. The number of H-pyrrole nitrogens is 1. The molecule has 0 aromatic carbocycles. The Kier molecular flexibility index (Phi) is 3.12. The van der Waals surface area contributed by atoms with E-state index in [-0.39, 0.29) is 5.69 Å². The Balaban J connectivity index is 2.15. The van der Waals surface area contributed by atoms with Crippen LogP contribution in [0.3, 0.4) is 0 Å². The molecule has 2 rings (SSSR count). The van der Waals surface area contributed by atoms with E-state index in [0.717, 1.165) is 12.8 Å². The van der Waals surface area contributed by atoms with Crippen molar-refractivity contribution < 1.29 is 9.90 Å². The van der Waals surface area contributed by atoms with Gasteiger partial charge in [-0.3, -0.25) is 5.10 Å². The highest BCUT2D eigenvalue weighted by molar-refractivity contribution is 5.92. The van der Waals surface area contributed by atoms with Crippen LogP contribution < -0.4 is 4.90 Å². The largest absolute Gasteiger partial charge is 0.476 e. The first-order chi connectivity index (χ1) is 7.70. The minimum Gasteiger partial charge on any atom is -0.476 e. The Labute approximate surface area is 94.5 Å². The van der Waals surface area contributed by atoms with Crippen LogP contribution >= 0.6 is 0 Å². The maximum absolute atomic E-state index is 11.0. The molecule has 0 atom stereocenters. The molecule has 1 heterocycles. The lowest BCUT2D eigenvalue weighted by molar-refractivity contribution is 0.0691. The normalized spacial score (nSPS) is 17.3. The number of hydrogen-bond acceptors (Lipinski definition) is 3. The SMILES string of the molecule is CN(c1c[nH]nc1C(=O)O)C1CCCCC1. The summed E-state index contributed by atoms with van der Waals surface area (Å²) in [6.07, 6.45) is 7.70. The van der Waals surface area contributed by atoms with Crippen LogP contribution in [-0.2, 0) is 0 Å². The van der Waals surface area contributed by atoms with Gasteiger partial charge in [-0.05, 0) is 12.8 Å². The van der Waals surface area contributed by atoms with E-state index in [9.17, 15) is 4.79 Å². The highest BCUT2D eigenvalue weighted by atomic mass is 16.4. The molecule has 0 spiro atoms. The highest BCUT2D eigenvalue weighted by Crippen LogP contribution is 2.27. The summed E-state index contributed by atoms with van der Waals surface area (Å²) in [5.41, 5.74) is 0.812. The van der Waals surface area contributed by atoms with Crippen LogP contribution in [-0.4, -0.2) is 34.4 Å². The lowest BCUT2D eigenvalue weighted by Gasteiger charge is -2.32. The van der Waals surface area contributed by atoms with Crippen LogP contribution in [0.5, 0.6) is 0 Å². The Morgan fingerprint density at radius 2 is 2.19 bits per heavy atom. The zero-order valence-electron chi connectivity index (χ0n) is 9.44. The minimum absolute atomic E-state index is 0.119. The van der Waals surface area contributed by atoms with E-state index >= 15 is 0 Å². The third kappa shape index (κ3) is 2.03. The number of aromatic amines is 1. The minimum atomic E-state index is -0.973. The Hall–Kier alpha value is -1.52. The molecule has 88 valence electrons. The summed E-state index contributed by atoms with van der Waals surface area (Å²) in [7, 11) is 1.95. The zero-order valence-corrected chi connectivity index (χ0v) is 9.44. The molecule has 0 amide bonds. The number of carboxylic acid groups (broad SMARTS) is 1. The van der Waals surface area contributed by atoms with E-state index in [2.05, 4.69) is 10.2 Å². The topological polar surface area (TPSA) is 69.2 Å². The van der Waals surface area contributed by atoms with Gasteiger partial charge in [0, 0.05) is 19.3 Å². The number of rotatable bonds is 3. The summed E-state index contributed by atoms with van der Waals surface area (Å²) in [4.78, 5) is 13.0. The smallest absolute Gasteiger partial charge is 0.358 e. The first-order valence-corrected chi connectivity index (χ1v) is 5.70. The van der Waals surface area contributed by atoms with Crippen molar-refractivity contribution in [3.8, 4) is 0 Å². The molecule has 0 radical (unpaired) electrons. The molecule has 5 heteroatoms. The Bertz CT molecular complexity index is 369. The second-order valence-corrected chi connectivity index (χ2v) is 4.33.